The second kappa shape index (κ2) is 15.7. The van der Waals surface area contributed by atoms with Crippen molar-refractivity contribution < 1.29 is 14.9 Å². The number of likely N-dealkylation sites (N-methyl/N-ethyl adjacent to an activating group) is 1. The van der Waals surface area contributed by atoms with Crippen LogP contribution in [0.3, 0.4) is 0 Å². The van der Waals surface area contributed by atoms with Gasteiger partial charge in [-0.15, -0.1) is 0 Å². The first kappa shape index (κ1) is 31.5. The van der Waals surface area contributed by atoms with Crippen LogP contribution in [0.2, 0.25) is 0 Å². The van der Waals surface area contributed by atoms with Gasteiger partial charge in [-0.3, -0.25) is 14.9 Å². The van der Waals surface area contributed by atoms with Crippen LogP contribution in [0, 0.1) is 5.92 Å². The second-order valence-electron chi connectivity index (χ2n) is 10.5. The number of ether oxygens (including phenoxy) is 1. The molecule has 0 bridgehead atoms. The molecule has 0 saturated heterocycles. The van der Waals surface area contributed by atoms with Crippen molar-refractivity contribution in [2.45, 2.75) is 37.2 Å². The molecule has 9 heteroatoms. The molecule has 5 rings (SSSR count). The molecule has 3 heterocycles. The molecule has 2 aromatic heterocycles. The van der Waals surface area contributed by atoms with Crippen molar-refractivity contribution in [3.63, 3.8) is 0 Å². The summed E-state index contributed by atoms with van der Waals surface area (Å²) in [6.45, 7) is 5.02. The van der Waals surface area contributed by atoms with E-state index >= 15 is 0 Å². The van der Waals surface area contributed by atoms with E-state index in [1.165, 1.54) is 11.3 Å². The summed E-state index contributed by atoms with van der Waals surface area (Å²) in [5.41, 5.74) is 6.53. The molecule has 0 fully saturated rings. The van der Waals surface area contributed by atoms with E-state index < -0.39 is 6.10 Å². The van der Waals surface area contributed by atoms with Crippen LogP contribution in [0.4, 0.5) is 5.69 Å². The number of alkyl halides is 1. The van der Waals surface area contributed by atoms with Gasteiger partial charge < -0.3 is 19.8 Å². The fraction of sp³-hybridized carbons (Fsp3) is 0.375. The molecule has 0 radical (unpaired) electrons. The van der Waals surface area contributed by atoms with Gasteiger partial charge in [0.05, 0.1) is 25.1 Å². The highest BCUT2D eigenvalue weighted by molar-refractivity contribution is 9.10. The molecule has 218 valence electrons. The highest BCUT2D eigenvalue weighted by Gasteiger charge is 2.24. The third-order valence-electron chi connectivity index (χ3n) is 7.05. The molecule has 0 saturated carbocycles. The second-order valence-corrected chi connectivity index (χ2v) is 12.6. The largest absolute Gasteiger partial charge is 0.395 e. The SMILES string of the molecule is CC1COCN(c2cccnc2)C2=C(CC(Br)C=C2)C1.CN(CCO)Cc1cc(Br)ccc1C(O)c1cccnc1. The summed E-state index contributed by atoms with van der Waals surface area (Å²) in [4.78, 5) is 13.0. The lowest BCUT2D eigenvalue weighted by Crippen LogP contribution is -2.31. The molecular formula is C32H38Br2N4O3. The third-order valence-corrected chi connectivity index (χ3v) is 8.18. The average molecular weight is 686 g/mol. The van der Waals surface area contributed by atoms with Gasteiger partial charge in [-0.1, -0.05) is 57.0 Å². The van der Waals surface area contributed by atoms with E-state index in [0.717, 1.165) is 46.3 Å². The van der Waals surface area contributed by atoms with Gasteiger partial charge in [0, 0.05) is 52.2 Å². The predicted octanol–water partition coefficient (Wildman–Crippen LogP) is 6.23. The van der Waals surface area contributed by atoms with E-state index in [4.69, 9.17) is 9.84 Å². The summed E-state index contributed by atoms with van der Waals surface area (Å²) in [5, 5.41) is 19.6. The zero-order chi connectivity index (χ0) is 29.2. The first-order valence-electron chi connectivity index (χ1n) is 13.8. The molecule has 7 nitrogen and oxygen atoms in total. The zero-order valence-electron chi connectivity index (χ0n) is 23.5. The molecule has 3 atom stereocenters. The van der Waals surface area contributed by atoms with Gasteiger partial charge in [0.25, 0.3) is 0 Å². The Morgan fingerprint density at radius 1 is 1.12 bits per heavy atom. The molecule has 0 spiro atoms. The number of aliphatic hydroxyl groups excluding tert-OH is 2. The van der Waals surface area contributed by atoms with E-state index in [2.05, 4.69) is 71.9 Å². The van der Waals surface area contributed by atoms with Crippen molar-refractivity contribution in [1.29, 1.82) is 0 Å². The molecule has 1 aliphatic heterocycles. The Balaban J connectivity index is 0.000000189. The first-order chi connectivity index (χ1) is 19.9. The summed E-state index contributed by atoms with van der Waals surface area (Å²) in [6.07, 6.45) is 13.0. The van der Waals surface area contributed by atoms with E-state index in [-0.39, 0.29) is 6.61 Å². The minimum atomic E-state index is -0.704. The number of hydrogen-bond donors (Lipinski definition) is 2. The van der Waals surface area contributed by atoms with Crippen molar-refractivity contribution in [2.75, 3.05) is 38.4 Å². The molecule has 0 amide bonds. The minimum absolute atomic E-state index is 0.116. The van der Waals surface area contributed by atoms with Crippen molar-refractivity contribution >= 4 is 37.5 Å². The van der Waals surface area contributed by atoms with E-state index in [1.54, 1.807) is 18.6 Å². The standard InChI is InChI=1S/C16H19BrN2O2.C16H19BrN2O/c1-19(7-8-20)11-13-9-14(17)4-5-15(13)16(21)12-3-2-6-18-10-12;1-12-7-13-8-14(17)4-5-16(13)19(11-20-10-12)15-3-2-6-18-9-15/h2-6,9-10,16,20-21H,7-8,11H2,1H3;2-6,9,12,14H,7-8,10-11H2,1H3. The van der Waals surface area contributed by atoms with Crippen LogP contribution in [0.25, 0.3) is 0 Å². The fourth-order valence-electron chi connectivity index (χ4n) is 5.05. The van der Waals surface area contributed by atoms with E-state index in [9.17, 15) is 5.11 Å². The first-order valence-corrected chi connectivity index (χ1v) is 15.5. The van der Waals surface area contributed by atoms with Gasteiger partial charge in [0.1, 0.15) is 12.8 Å². The summed E-state index contributed by atoms with van der Waals surface area (Å²) in [5.74, 6) is 0.572. The van der Waals surface area contributed by atoms with Crippen molar-refractivity contribution in [1.82, 2.24) is 14.9 Å². The number of anilines is 1. The average Bonchev–Trinajstić information content (AvgIpc) is 2.96. The number of halogens is 2. The number of benzene rings is 1. The molecule has 2 N–H and O–H groups in total. The van der Waals surface area contributed by atoms with Crippen LogP contribution in [-0.2, 0) is 11.3 Å². The maximum absolute atomic E-state index is 10.6. The zero-order valence-corrected chi connectivity index (χ0v) is 26.7. The third kappa shape index (κ3) is 9.04. The Labute approximate surface area is 259 Å². The number of rotatable bonds is 7. The smallest absolute Gasteiger partial charge is 0.123 e. The molecular weight excluding hydrogens is 648 g/mol. The molecule has 41 heavy (non-hydrogen) atoms. The van der Waals surface area contributed by atoms with Gasteiger partial charge in [-0.25, -0.2) is 0 Å². The summed E-state index contributed by atoms with van der Waals surface area (Å²) in [6, 6.07) is 13.6. The number of hydrogen-bond acceptors (Lipinski definition) is 7. The number of nitrogens with zero attached hydrogens (tertiary/aromatic N) is 4. The van der Waals surface area contributed by atoms with Crippen molar-refractivity contribution in [2.24, 2.45) is 5.92 Å². The Kier molecular flexibility index (Phi) is 12.1. The van der Waals surface area contributed by atoms with E-state index in [1.807, 2.05) is 54.5 Å². The maximum Gasteiger partial charge on any atom is 0.123 e. The summed E-state index contributed by atoms with van der Waals surface area (Å²) in [7, 11) is 1.94. The molecule has 3 aromatic rings. The monoisotopic (exact) mass is 684 g/mol. The van der Waals surface area contributed by atoms with Crippen LogP contribution < -0.4 is 4.90 Å². The minimum Gasteiger partial charge on any atom is -0.395 e. The number of aromatic nitrogens is 2. The number of allylic oxidation sites excluding steroid dienone is 3. The van der Waals surface area contributed by atoms with Gasteiger partial charge in [-0.05, 0) is 78.9 Å². The highest BCUT2D eigenvalue weighted by atomic mass is 79.9. The lowest BCUT2D eigenvalue weighted by molar-refractivity contribution is 0.104. The lowest BCUT2D eigenvalue weighted by Gasteiger charge is -2.34. The Hall–Kier alpha value is -2.40. The maximum atomic E-state index is 10.6. The predicted molar refractivity (Wildman–Crippen MR) is 171 cm³/mol. The highest BCUT2D eigenvalue weighted by Crippen LogP contribution is 2.34. The van der Waals surface area contributed by atoms with Crippen molar-refractivity contribution in [3.8, 4) is 0 Å². The van der Waals surface area contributed by atoms with Crippen LogP contribution in [0.15, 0.2) is 95.1 Å². The summed E-state index contributed by atoms with van der Waals surface area (Å²) < 4.78 is 6.82. The van der Waals surface area contributed by atoms with Gasteiger partial charge >= 0.3 is 0 Å². The van der Waals surface area contributed by atoms with Gasteiger partial charge in [0.2, 0.25) is 0 Å². The van der Waals surface area contributed by atoms with Crippen LogP contribution in [-0.4, -0.2) is 63.4 Å². The van der Waals surface area contributed by atoms with Crippen LogP contribution in [0.1, 0.15) is 42.6 Å². The number of aliphatic hydroxyl groups is 2. The summed E-state index contributed by atoms with van der Waals surface area (Å²) >= 11 is 7.18. The number of pyridine rings is 2. The Morgan fingerprint density at radius 3 is 2.61 bits per heavy atom. The van der Waals surface area contributed by atoms with Crippen LogP contribution >= 0.6 is 31.9 Å². The normalized spacial score (nSPS) is 19.6. The Bertz CT molecular complexity index is 1310. The van der Waals surface area contributed by atoms with Gasteiger partial charge in [-0.2, -0.15) is 0 Å². The molecule has 1 aromatic carbocycles. The lowest BCUT2D eigenvalue weighted by atomic mass is 9.92. The molecule has 1 aliphatic carbocycles. The van der Waals surface area contributed by atoms with Crippen LogP contribution in [0.5, 0.6) is 0 Å². The Morgan fingerprint density at radius 2 is 1.90 bits per heavy atom. The molecule has 3 unspecified atom stereocenters. The topological polar surface area (TPSA) is 82.0 Å². The molecule has 2 aliphatic rings. The van der Waals surface area contributed by atoms with E-state index in [0.29, 0.717) is 30.6 Å². The van der Waals surface area contributed by atoms with Gasteiger partial charge in [0.15, 0.2) is 0 Å². The fourth-order valence-corrected chi connectivity index (χ4v) is 6.00. The quantitative estimate of drug-likeness (QED) is 0.286. The van der Waals surface area contributed by atoms with Crippen molar-refractivity contribution in [3.05, 3.63) is 112 Å².